The van der Waals surface area contributed by atoms with Crippen molar-refractivity contribution >= 4 is 0 Å². The molecule has 1 atom stereocenters. The Balaban J connectivity index is 2.21. The van der Waals surface area contributed by atoms with Crippen LogP contribution in [0.2, 0.25) is 0 Å². The highest BCUT2D eigenvalue weighted by atomic mass is 16.5. The largest absolute Gasteiger partial charge is 0.494 e. The van der Waals surface area contributed by atoms with Crippen molar-refractivity contribution in [3.63, 3.8) is 0 Å². The van der Waals surface area contributed by atoms with E-state index in [1.807, 2.05) is 31.2 Å². The van der Waals surface area contributed by atoms with Gasteiger partial charge in [-0.3, -0.25) is 0 Å². The summed E-state index contributed by atoms with van der Waals surface area (Å²) in [6.45, 7) is 3.80. The molecule has 1 aromatic rings. The molecule has 1 heterocycles. The number of ether oxygens (including phenoxy) is 3. The number of benzene rings is 1. The minimum absolute atomic E-state index is 0.552. The highest BCUT2D eigenvalue weighted by Gasteiger charge is 2.40. The van der Waals surface area contributed by atoms with Gasteiger partial charge in [-0.2, -0.15) is 0 Å². The fourth-order valence-corrected chi connectivity index (χ4v) is 2.55. The van der Waals surface area contributed by atoms with Gasteiger partial charge in [0.2, 0.25) is 0 Å². The molecule has 0 bridgehead atoms. The monoisotopic (exact) mass is 266 g/mol. The maximum absolute atomic E-state index is 10.7. The number of rotatable bonds is 5. The van der Waals surface area contributed by atoms with Crippen LogP contribution in [0.25, 0.3) is 0 Å². The highest BCUT2D eigenvalue weighted by Crippen LogP contribution is 2.38. The summed E-state index contributed by atoms with van der Waals surface area (Å²) in [6, 6.07) is 7.57. The summed E-state index contributed by atoms with van der Waals surface area (Å²) in [5.74, 6) is 0.775. The van der Waals surface area contributed by atoms with Crippen molar-refractivity contribution in [2.45, 2.75) is 31.5 Å². The molecule has 0 spiro atoms. The molecule has 0 radical (unpaired) electrons. The van der Waals surface area contributed by atoms with E-state index in [1.165, 1.54) is 0 Å². The van der Waals surface area contributed by atoms with Crippen LogP contribution in [0, 0.1) is 0 Å². The van der Waals surface area contributed by atoms with Crippen molar-refractivity contribution in [3.05, 3.63) is 29.8 Å². The molecule has 106 valence electrons. The number of aliphatic hydroxyl groups excluding tert-OH is 1. The Kier molecular flexibility index (Phi) is 4.80. The zero-order valence-electron chi connectivity index (χ0n) is 11.6. The van der Waals surface area contributed by atoms with Gasteiger partial charge >= 0.3 is 0 Å². The molecular formula is C15H22O4. The number of aliphatic hydroxyl groups is 1. The van der Waals surface area contributed by atoms with Crippen molar-refractivity contribution in [1.29, 1.82) is 0 Å². The molecule has 1 aromatic carbocycles. The Morgan fingerprint density at radius 2 is 2.11 bits per heavy atom. The van der Waals surface area contributed by atoms with E-state index in [1.54, 1.807) is 7.11 Å². The average molecular weight is 266 g/mol. The highest BCUT2D eigenvalue weighted by molar-refractivity contribution is 5.31. The second-order valence-electron chi connectivity index (χ2n) is 4.79. The Bertz CT molecular complexity index is 399. The van der Waals surface area contributed by atoms with Gasteiger partial charge in [0.25, 0.3) is 0 Å². The zero-order chi connectivity index (χ0) is 13.7. The maximum Gasteiger partial charge on any atom is 0.119 e. The van der Waals surface area contributed by atoms with Crippen LogP contribution in [0.4, 0.5) is 0 Å². The molecular weight excluding hydrogens is 244 g/mol. The van der Waals surface area contributed by atoms with Crippen LogP contribution >= 0.6 is 0 Å². The first-order chi connectivity index (χ1) is 9.22. The summed E-state index contributed by atoms with van der Waals surface area (Å²) in [6.07, 6.45) is 0.731. The molecule has 4 nitrogen and oxygen atoms in total. The standard InChI is InChI=1S/C15H22O4/c1-3-19-13-6-4-5-12(11-13)14(16)15(17-2)7-9-18-10-8-15/h4-6,11,14,16H,3,7-10H2,1-2H3. The molecule has 1 N–H and O–H groups in total. The van der Waals surface area contributed by atoms with Crippen LogP contribution in [-0.4, -0.2) is 37.6 Å². The molecule has 1 aliphatic rings. The summed E-state index contributed by atoms with van der Waals surface area (Å²) >= 11 is 0. The van der Waals surface area contributed by atoms with Crippen molar-refractivity contribution in [1.82, 2.24) is 0 Å². The van der Waals surface area contributed by atoms with Gasteiger partial charge in [-0.15, -0.1) is 0 Å². The lowest BCUT2D eigenvalue weighted by molar-refractivity contribution is -0.154. The van der Waals surface area contributed by atoms with Crippen LogP contribution in [0.3, 0.4) is 0 Å². The van der Waals surface area contributed by atoms with Crippen LogP contribution in [0.5, 0.6) is 5.75 Å². The van der Waals surface area contributed by atoms with Gasteiger partial charge in [0, 0.05) is 33.2 Å². The summed E-state index contributed by atoms with van der Waals surface area (Å²) in [7, 11) is 1.65. The Labute approximate surface area is 114 Å². The number of hydrogen-bond acceptors (Lipinski definition) is 4. The van der Waals surface area contributed by atoms with E-state index in [9.17, 15) is 5.11 Å². The van der Waals surface area contributed by atoms with E-state index in [4.69, 9.17) is 14.2 Å². The van der Waals surface area contributed by atoms with E-state index >= 15 is 0 Å². The molecule has 19 heavy (non-hydrogen) atoms. The molecule has 1 unspecified atom stereocenters. The molecule has 2 rings (SSSR count). The second-order valence-corrected chi connectivity index (χ2v) is 4.79. The molecule has 1 fully saturated rings. The van der Waals surface area contributed by atoms with Gasteiger partial charge in [-0.1, -0.05) is 12.1 Å². The maximum atomic E-state index is 10.7. The number of methoxy groups -OCH3 is 1. The molecule has 0 aliphatic carbocycles. The lowest BCUT2D eigenvalue weighted by Crippen LogP contribution is -2.43. The lowest BCUT2D eigenvalue weighted by atomic mass is 9.84. The van der Waals surface area contributed by atoms with E-state index < -0.39 is 11.7 Å². The Morgan fingerprint density at radius 3 is 2.74 bits per heavy atom. The second kappa shape index (κ2) is 6.37. The third-order valence-electron chi connectivity index (χ3n) is 3.73. The first-order valence-electron chi connectivity index (χ1n) is 6.75. The third kappa shape index (κ3) is 3.08. The summed E-state index contributed by atoms with van der Waals surface area (Å²) in [5.41, 5.74) is 0.276. The molecule has 0 aromatic heterocycles. The minimum Gasteiger partial charge on any atom is -0.494 e. The van der Waals surface area contributed by atoms with Crippen molar-refractivity contribution in [2.24, 2.45) is 0 Å². The van der Waals surface area contributed by atoms with Crippen molar-refractivity contribution < 1.29 is 19.3 Å². The van der Waals surface area contributed by atoms with Crippen molar-refractivity contribution in [3.8, 4) is 5.75 Å². The molecule has 0 amide bonds. The predicted molar refractivity (Wildman–Crippen MR) is 72.4 cm³/mol. The third-order valence-corrected chi connectivity index (χ3v) is 3.73. The van der Waals surface area contributed by atoms with E-state index in [-0.39, 0.29) is 0 Å². The topological polar surface area (TPSA) is 47.9 Å². The normalized spacial score (nSPS) is 19.9. The fraction of sp³-hybridized carbons (Fsp3) is 0.600. The average Bonchev–Trinajstić information content (AvgIpc) is 2.48. The quantitative estimate of drug-likeness (QED) is 0.888. The predicted octanol–water partition coefficient (Wildman–Crippen LogP) is 2.31. The first-order valence-corrected chi connectivity index (χ1v) is 6.75. The van der Waals surface area contributed by atoms with Gasteiger partial charge in [0.1, 0.15) is 17.5 Å². The van der Waals surface area contributed by atoms with Crippen LogP contribution in [-0.2, 0) is 9.47 Å². The van der Waals surface area contributed by atoms with Crippen molar-refractivity contribution in [2.75, 3.05) is 26.9 Å². The minimum atomic E-state index is -0.665. The van der Waals surface area contributed by atoms with E-state index in [2.05, 4.69) is 0 Å². The molecule has 4 heteroatoms. The van der Waals surface area contributed by atoms with Gasteiger partial charge in [-0.25, -0.2) is 0 Å². The smallest absolute Gasteiger partial charge is 0.119 e. The molecule has 0 saturated carbocycles. The van der Waals surface area contributed by atoms with Gasteiger partial charge in [0.05, 0.1) is 6.61 Å². The fourth-order valence-electron chi connectivity index (χ4n) is 2.55. The summed E-state index contributed by atoms with van der Waals surface area (Å²) < 4.78 is 16.5. The number of hydrogen-bond donors (Lipinski definition) is 1. The van der Waals surface area contributed by atoms with Gasteiger partial charge < -0.3 is 19.3 Å². The Morgan fingerprint density at radius 1 is 1.37 bits per heavy atom. The molecule has 1 aliphatic heterocycles. The lowest BCUT2D eigenvalue weighted by Gasteiger charge is -2.39. The zero-order valence-corrected chi connectivity index (χ0v) is 11.6. The van der Waals surface area contributed by atoms with E-state index in [0.717, 1.165) is 11.3 Å². The van der Waals surface area contributed by atoms with Crippen LogP contribution < -0.4 is 4.74 Å². The molecule has 1 saturated heterocycles. The van der Waals surface area contributed by atoms with Gasteiger partial charge in [0.15, 0.2) is 0 Å². The summed E-state index contributed by atoms with van der Waals surface area (Å²) in [4.78, 5) is 0. The first kappa shape index (κ1) is 14.3. The summed E-state index contributed by atoms with van der Waals surface area (Å²) in [5, 5.41) is 10.7. The van der Waals surface area contributed by atoms with E-state index in [0.29, 0.717) is 32.7 Å². The SMILES string of the molecule is CCOc1cccc(C(O)C2(OC)CCOCC2)c1. The van der Waals surface area contributed by atoms with Gasteiger partial charge in [-0.05, 0) is 24.6 Å². The Hall–Kier alpha value is -1.10. The van der Waals surface area contributed by atoms with Crippen LogP contribution in [0.15, 0.2) is 24.3 Å². The van der Waals surface area contributed by atoms with Crippen LogP contribution in [0.1, 0.15) is 31.4 Å².